The van der Waals surface area contributed by atoms with Gasteiger partial charge in [-0.2, -0.15) is 0 Å². The van der Waals surface area contributed by atoms with Gasteiger partial charge in [-0.3, -0.25) is 4.79 Å². The van der Waals surface area contributed by atoms with Gasteiger partial charge in [-0.05, 0) is 23.6 Å². The van der Waals surface area contributed by atoms with Crippen molar-refractivity contribution in [2.75, 3.05) is 19.0 Å². The van der Waals surface area contributed by atoms with Crippen molar-refractivity contribution >= 4 is 28.9 Å². The number of methoxy groups -OCH3 is 1. The van der Waals surface area contributed by atoms with Crippen molar-refractivity contribution in [3.63, 3.8) is 0 Å². The Labute approximate surface area is 128 Å². The van der Waals surface area contributed by atoms with Crippen LogP contribution < -0.4 is 10.1 Å². The molecule has 0 fully saturated rings. The Balaban J connectivity index is 1.96. The topological polar surface area (TPSA) is 64.6 Å². The zero-order chi connectivity index (χ0) is 16.1. The number of ether oxygens (including phenoxy) is 2. The summed E-state index contributed by atoms with van der Waals surface area (Å²) in [5.41, 5.74) is 0.282. The molecule has 1 N–H and O–H groups in total. The number of halogens is 2. The first kappa shape index (κ1) is 15.9. The highest BCUT2D eigenvalue weighted by molar-refractivity contribution is 7.12. The summed E-state index contributed by atoms with van der Waals surface area (Å²) in [6.45, 7) is -0.487. The summed E-state index contributed by atoms with van der Waals surface area (Å²) in [4.78, 5) is 23.4. The number of nitrogens with one attached hydrogen (secondary N) is 1. The number of hydrogen-bond donors (Lipinski definition) is 1. The first-order chi connectivity index (χ1) is 10.5. The predicted octanol–water partition coefficient (Wildman–Crippen LogP) is 2.83. The van der Waals surface area contributed by atoms with Crippen molar-refractivity contribution in [1.29, 1.82) is 0 Å². The largest absolute Gasteiger partial charge is 0.481 e. The smallest absolute Gasteiger partial charge is 0.350 e. The monoisotopic (exact) mass is 327 g/mol. The molecule has 8 heteroatoms. The minimum absolute atomic E-state index is 0.240. The molecule has 0 radical (unpaired) electrons. The van der Waals surface area contributed by atoms with Crippen LogP contribution in [0.1, 0.15) is 9.67 Å². The number of carbonyl (C=O) groups excluding carboxylic acids is 2. The van der Waals surface area contributed by atoms with Crippen LogP contribution >= 0.6 is 11.3 Å². The first-order valence-corrected chi connectivity index (χ1v) is 6.92. The summed E-state index contributed by atoms with van der Waals surface area (Å²) in [5.74, 6) is -3.05. The summed E-state index contributed by atoms with van der Waals surface area (Å²) in [6.07, 6.45) is 0. The van der Waals surface area contributed by atoms with E-state index in [2.05, 4.69) is 10.1 Å². The van der Waals surface area contributed by atoms with Crippen LogP contribution in [-0.2, 0) is 9.53 Å². The second-order valence-electron chi connectivity index (χ2n) is 4.07. The number of benzene rings is 1. The third-order valence-corrected chi connectivity index (χ3v) is 3.46. The van der Waals surface area contributed by atoms with Crippen molar-refractivity contribution in [3.05, 3.63) is 46.2 Å². The molecular formula is C14H11F2NO4S. The third-order valence-electron chi connectivity index (χ3n) is 2.56. The summed E-state index contributed by atoms with van der Waals surface area (Å²) in [5, 5.41) is 4.07. The third kappa shape index (κ3) is 3.79. The van der Waals surface area contributed by atoms with Crippen LogP contribution in [0.25, 0.3) is 0 Å². The lowest BCUT2D eigenvalue weighted by molar-refractivity contribution is -0.118. The maximum absolute atomic E-state index is 13.3. The van der Waals surface area contributed by atoms with Crippen molar-refractivity contribution < 1.29 is 27.8 Å². The van der Waals surface area contributed by atoms with Gasteiger partial charge in [0.25, 0.3) is 5.91 Å². The SMILES string of the molecule is COC(=O)c1sccc1NC(=O)COc1ccc(F)cc1F. The van der Waals surface area contributed by atoms with Crippen LogP contribution in [0.15, 0.2) is 29.6 Å². The quantitative estimate of drug-likeness (QED) is 0.858. The Morgan fingerprint density at radius 3 is 2.73 bits per heavy atom. The standard InChI is InChI=1S/C14H11F2NO4S/c1-20-14(19)13-10(4-5-22-13)17-12(18)7-21-11-3-2-8(15)6-9(11)16/h2-6H,7H2,1H3,(H,17,18). The lowest BCUT2D eigenvalue weighted by Gasteiger charge is -2.08. The first-order valence-electron chi connectivity index (χ1n) is 6.04. The second kappa shape index (κ2) is 6.99. The molecule has 1 amide bonds. The summed E-state index contributed by atoms with van der Waals surface area (Å²) in [6, 6.07) is 4.29. The van der Waals surface area contributed by atoms with Crippen molar-refractivity contribution in [3.8, 4) is 5.75 Å². The van der Waals surface area contributed by atoms with E-state index in [-0.39, 0.29) is 16.3 Å². The molecule has 2 aromatic rings. The number of esters is 1. The van der Waals surface area contributed by atoms with Gasteiger partial charge >= 0.3 is 5.97 Å². The molecule has 0 aliphatic heterocycles. The van der Waals surface area contributed by atoms with E-state index in [1.54, 1.807) is 5.38 Å². The Hall–Kier alpha value is -2.48. The second-order valence-corrected chi connectivity index (χ2v) is 4.98. The average molecular weight is 327 g/mol. The predicted molar refractivity (Wildman–Crippen MR) is 76.1 cm³/mol. The molecular weight excluding hydrogens is 316 g/mol. The number of anilines is 1. The molecule has 0 spiro atoms. The van der Waals surface area contributed by atoms with Crippen LogP contribution in [0.4, 0.5) is 14.5 Å². The maximum atomic E-state index is 13.3. The van der Waals surface area contributed by atoms with Gasteiger partial charge in [0.05, 0.1) is 12.8 Å². The normalized spacial score (nSPS) is 10.1. The highest BCUT2D eigenvalue weighted by atomic mass is 32.1. The summed E-state index contributed by atoms with van der Waals surface area (Å²) >= 11 is 1.11. The van der Waals surface area contributed by atoms with Gasteiger partial charge in [0.1, 0.15) is 10.7 Å². The van der Waals surface area contributed by atoms with Crippen LogP contribution in [0.2, 0.25) is 0 Å². The number of rotatable bonds is 5. The van der Waals surface area contributed by atoms with E-state index in [1.165, 1.54) is 13.2 Å². The van der Waals surface area contributed by atoms with Crippen LogP contribution in [0.5, 0.6) is 5.75 Å². The van der Waals surface area contributed by atoms with Crippen molar-refractivity contribution in [2.24, 2.45) is 0 Å². The summed E-state index contributed by atoms with van der Waals surface area (Å²) in [7, 11) is 1.23. The average Bonchev–Trinajstić information content (AvgIpc) is 2.93. The molecule has 0 aliphatic carbocycles. The lowest BCUT2D eigenvalue weighted by atomic mass is 10.3. The van der Waals surface area contributed by atoms with Gasteiger partial charge in [0.2, 0.25) is 0 Å². The fourth-order valence-electron chi connectivity index (χ4n) is 1.58. The molecule has 0 aliphatic rings. The number of thiophene rings is 1. The molecule has 1 aromatic carbocycles. The minimum Gasteiger partial charge on any atom is -0.481 e. The van der Waals surface area contributed by atoms with E-state index >= 15 is 0 Å². The molecule has 0 atom stereocenters. The van der Waals surface area contributed by atoms with Crippen LogP contribution in [-0.4, -0.2) is 25.6 Å². The van der Waals surface area contributed by atoms with Gasteiger partial charge in [-0.15, -0.1) is 11.3 Å². The van der Waals surface area contributed by atoms with Gasteiger partial charge in [-0.25, -0.2) is 13.6 Å². The van der Waals surface area contributed by atoms with Gasteiger partial charge in [-0.1, -0.05) is 0 Å². The van der Waals surface area contributed by atoms with E-state index in [9.17, 15) is 18.4 Å². The molecule has 2 rings (SSSR count). The molecule has 5 nitrogen and oxygen atoms in total. The van der Waals surface area contributed by atoms with E-state index in [1.807, 2.05) is 0 Å². The molecule has 0 unspecified atom stereocenters. The molecule has 22 heavy (non-hydrogen) atoms. The molecule has 0 bridgehead atoms. The van der Waals surface area contributed by atoms with E-state index < -0.39 is 30.1 Å². The van der Waals surface area contributed by atoms with Crippen LogP contribution in [0, 0.1) is 11.6 Å². The Kier molecular flexibility index (Phi) is 5.05. The van der Waals surface area contributed by atoms with Gasteiger partial charge < -0.3 is 14.8 Å². The Bertz CT molecular complexity index is 702. The molecule has 1 aromatic heterocycles. The minimum atomic E-state index is -0.904. The van der Waals surface area contributed by atoms with Crippen LogP contribution in [0.3, 0.4) is 0 Å². The highest BCUT2D eigenvalue weighted by Crippen LogP contribution is 2.23. The van der Waals surface area contributed by atoms with Gasteiger partial charge in [0.15, 0.2) is 18.2 Å². The van der Waals surface area contributed by atoms with Gasteiger partial charge in [0, 0.05) is 6.07 Å². The van der Waals surface area contributed by atoms with Crippen molar-refractivity contribution in [2.45, 2.75) is 0 Å². The Morgan fingerprint density at radius 1 is 1.27 bits per heavy atom. The fraction of sp³-hybridized carbons (Fsp3) is 0.143. The number of hydrogen-bond acceptors (Lipinski definition) is 5. The fourth-order valence-corrected chi connectivity index (χ4v) is 2.35. The van der Waals surface area contributed by atoms with E-state index in [0.29, 0.717) is 6.07 Å². The molecule has 0 saturated heterocycles. The number of amides is 1. The molecule has 116 valence electrons. The lowest BCUT2D eigenvalue weighted by Crippen LogP contribution is -2.21. The Morgan fingerprint density at radius 2 is 2.05 bits per heavy atom. The molecule has 0 saturated carbocycles. The van der Waals surface area contributed by atoms with E-state index in [0.717, 1.165) is 23.5 Å². The number of carbonyl (C=O) groups is 2. The molecule has 1 heterocycles. The summed E-state index contributed by atoms with van der Waals surface area (Å²) < 4.78 is 35.6. The zero-order valence-corrected chi connectivity index (χ0v) is 12.2. The van der Waals surface area contributed by atoms with E-state index in [4.69, 9.17) is 4.74 Å². The highest BCUT2D eigenvalue weighted by Gasteiger charge is 2.16. The zero-order valence-electron chi connectivity index (χ0n) is 11.4. The van der Waals surface area contributed by atoms with Crippen molar-refractivity contribution in [1.82, 2.24) is 0 Å². The maximum Gasteiger partial charge on any atom is 0.350 e.